The molecule has 0 aromatic carbocycles. The van der Waals surface area contributed by atoms with Crippen LogP contribution in [0, 0.1) is 17.8 Å². The number of carboxylic acids is 1. The minimum absolute atomic E-state index is 0.0407. The predicted molar refractivity (Wildman–Crippen MR) is 183 cm³/mol. The topological polar surface area (TPSA) is 287 Å². The summed E-state index contributed by atoms with van der Waals surface area (Å²) in [6, 6.07) is -4.73. The molecular weight excluding hydrogens is 670 g/mol. The SMILES string of the molecule is CC(C)C[C@H](NC(=O)CNC(=O)[C@@H]1CCCN1C(=O)[C@@H](N)C(C)C)C(=O)NCC(=O)N[C@H](C(=O)NCC(=O)N[C@@H](C)C(=O)NCC(=O)O)C(C)C. The van der Waals surface area contributed by atoms with Crippen molar-refractivity contribution in [2.45, 2.75) is 97.9 Å². The number of nitrogens with one attached hydrogen (secondary N) is 7. The van der Waals surface area contributed by atoms with Crippen LogP contribution in [0.3, 0.4) is 0 Å². The Morgan fingerprint density at radius 3 is 1.76 bits per heavy atom. The highest BCUT2D eigenvalue weighted by Gasteiger charge is 2.37. The van der Waals surface area contributed by atoms with Crippen LogP contribution in [0.25, 0.3) is 0 Å². The van der Waals surface area contributed by atoms with Gasteiger partial charge in [0.15, 0.2) is 0 Å². The molecule has 0 radical (unpaired) electrons. The number of carboxylic acid groups (broad SMARTS) is 1. The van der Waals surface area contributed by atoms with Gasteiger partial charge in [-0.25, -0.2) is 0 Å². The Morgan fingerprint density at radius 1 is 0.686 bits per heavy atom. The van der Waals surface area contributed by atoms with Gasteiger partial charge in [-0.05, 0) is 43.9 Å². The van der Waals surface area contributed by atoms with E-state index in [4.69, 9.17) is 10.8 Å². The zero-order valence-corrected chi connectivity index (χ0v) is 30.4. The maximum absolute atomic E-state index is 13.0. The normalized spacial score (nSPS) is 16.4. The molecule has 0 aromatic rings. The standard InChI is InChI=1S/C32H55N9O10/c1-16(2)11-20(39-23(43)13-35-30(49)21-9-8-10-41(21)32(51)26(33)17(3)4)29(48)34-14-24(44)40-27(18(5)6)31(50)36-12-22(42)38-19(7)28(47)37-15-25(45)46/h16-21,26-27H,8-15,33H2,1-7H3,(H,34,48)(H,35,49)(H,36,50)(H,37,47)(H,38,42)(H,39,43)(H,40,44)(H,45,46)/t19-,20-,21-,26-,27-/m0/s1. The van der Waals surface area contributed by atoms with Crippen LogP contribution in [0.1, 0.15) is 67.7 Å². The van der Waals surface area contributed by atoms with Gasteiger partial charge in [0.05, 0.1) is 25.7 Å². The number of hydrogen-bond donors (Lipinski definition) is 9. The van der Waals surface area contributed by atoms with Gasteiger partial charge < -0.3 is 53.0 Å². The first-order valence-corrected chi connectivity index (χ1v) is 17.0. The van der Waals surface area contributed by atoms with Crippen molar-refractivity contribution in [2.75, 3.05) is 32.7 Å². The molecular formula is C32H55N9O10. The summed E-state index contributed by atoms with van der Waals surface area (Å²) in [5.74, 6) is -6.90. The first-order chi connectivity index (χ1) is 23.7. The van der Waals surface area contributed by atoms with Crippen LogP contribution in [0.5, 0.6) is 0 Å². The van der Waals surface area contributed by atoms with Crippen molar-refractivity contribution < 1.29 is 48.3 Å². The molecule has 1 aliphatic heterocycles. The lowest BCUT2D eigenvalue weighted by atomic mass is 10.0. The molecule has 8 amide bonds. The van der Waals surface area contributed by atoms with Crippen LogP contribution < -0.4 is 43.0 Å². The fourth-order valence-electron chi connectivity index (χ4n) is 5.01. The van der Waals surface area contributed by atoms with Crippen LogP contribution in [0.2, 0.25) is 0 Å². The molecule has 288 valence electrons. The predicted octanol–water partition coefficient (Wildman–Crippen LogP) is -3.31. The van der Waals surface area contributed by atoms with E-state index in [9.17, 15) is 43.2 Å². The summed E-state index contributed by atoms with van der Waals surface area (Å²) in [5.41, 5.74) is 5.99. The van der Waals surface area contributed by atoms with Gasteiger partial charge in [0.1, 0.15) is 30.7 Å². The summed E-state index contributed by atoms with van der Waals surface area (Å²) in [4.78, 5) is 113. The molecule has 10 N–H and O–H groups in total. The lowest BCUT2D eigenvalue weighted by molar-refractivity contribution is -0.140. The Hall–Kier alpha value is -4.81. The van der Waals surface area contributed by atoms with E-state index in [1.807, 2.05) is 27.7 Å². The Labute approximate surface area is 297 Å². The maximum atomic E-state index is 13.0. The minimum Gasteiger partial charge on any atom is -0.480 e. The van der Waals surface area contributed by atoms with E-state index in [2.05, 4.69) is 37.2 Å². The molecule has 1 fully saturated rings. The number of carbonyl (C=O) groups is 9. The Morgan fingerprint density at radius 2 is 1.22 bits per heavy atom. The molecule has 0 unspecified atom stereocenters. The molecule has 51 heavy (non-hydrogen) atoms. The van der Waals surface area contributed by atoms with Crippen LogP contribution in [0.15, 0.2) is 0 Å². The number of amides is 8. The van der Waals surface area contributed by atoms with Crippen molar-refractivity contribution >= 4 is 53.2 Å². The van der Waals surface area contributed by atoms with E-state index < -0.39 is 110 Å². The summed E-state index contributed by atoms with van der Waals surface area (Å²) in [7, 11) is 0. The van der Waals surface area contributed by atoms with Gasteiger partial charge in [0, 0.05) is 6.54 Å². The van der Waals surface area contributed by atoms with E-state index in [0.717, 1.165) is 0 Å². The largest absolute Gasteiger partial charge is 0.480 e. The summed E-state index contributed by atoms with van der Waals surface area (Å²) < 4.78 is 0. The van der Waals surface area contributed by atoms with Gasteiger partial charge in [-0.3, -0.25) is 43.2 Å². The number of likely N-dealkylation sites (tertiary alicyclic amines) is 1. The van der Waals surface area contributed by atoms with Crippen molar-refractivity contribution in [3.05, 3.63) is 0 Å². The second-order valence-electron chi connectivity index (χ2n) is 13.6. The van der Waals surface area contributed by atoms with Gasteiger partial charge in [-0.1, -0.05) is 41.5 Å². The number of carbonyl (C=O) groups excluding carboxylic acids is 8. The molecule has 19 nitrogen and oxygen atoms in total. The van der Waals surface area contributed by atoms with E-state index in [-0.39, 0.29) is 24.2 Å². The molecule has 1 rings (SSSR count). The molecule has 0 bridgehead atoms. The van der Waals surface area contributed by atoms with Crippen molar-refractivity contribution in [1.29, 1.82) is 0 Å². The Bertz CT molecular complexity index is 1290. The van der Waals surface area contributed by atoms with Gasteiger partial charge in [-0.2, -0.15) is 0 Å². The second kappa shape index (κ2) is 21.4. The number of aliphatic carboxylic acids is 1. The Kier molecular flexibility index (Phi) is 18.6. The highest BCUT2D eigenvalue weighted by atomic mass is 16.4. The molecule has 1 saturated heterocycles. The van der Waals surface area contributed by atoms with Crippen LogP contribution in [-0.2, 0) is 43.2 Å². The van der Waals surface area contributed by atoms with E-state index >= 15 is 0 Å². The number of nitrogens with two attached hydrogens (primary N) is 1. The van der Waals surface area contributed by atoms with Gasteiger partial charge >= 0.3 is 5.97 Å². The monoisotopic (exact) mass is 725 g/mol. The van der Waals surface area contributed by atoms with Crippen LogP contribution in [0.4, 0.5) is 0 Å². The van der Waals surface area contributed by atoms with E-state index in [0.29, 0.717) is 19.4 Å². The van der Waals surface area contributed by atoms with Crippen LogP contribution in [-0.4, -0.2) is 126 Å². The van der Waals surface area contributed by atoms with Gasteiger partial charge in [-0.15, -0.1) is 0 Å². The number of rotatable bonds is 20. The average molecular weight is 726 g/mol. The summed E-state index contributed by atoms with van der Waals surface area (Å²) in [6.07, 6.45) is 1.25. The average Bonchev–Trinajstić information content (AvgIpc) is 3.55. The summed E-state index contributed by atoms with van der Waals surface area (Å²) in [5, 5.41) is 25.5. The molecule has 0 saturated carbocycles. The first-order valence-electron chi connectivity index (χ1n) is 17.0. The zero-order valence-electron chi connectivity index (χ0n) is 30.4. The number of nitrogens with zero attached hydrogens (tertiary/aromatic N) is 1. The zero-order chi connectivity index (χ0) is 39.0. The third-order valence-electron chi connectivity index (χ3n) is 7.92. The minimum atomic E-state index is -1.26. The molecule has 19 heteroatoms. The fraction of sp³-hybridized carbons (Fsp3) is 0.719. The molecule has 0 spiro atoms. The van der Waals surface area contributed by atoms with Gasteiger partial charge in [0.2, 0.25) is 47.3 Å². The summed E-state index contributed by atoms with van der Waals surface area (Å²) in [6.45, 7) is 10.1. The maximum Gasteiger partial charge on any atom is 0.322 e. The molecule has 1 aliphatic rings. The highest BCUT2D eigenvalue weighted by molar-refractivity contribution is 5.96. The summed E-state index contributed by atoms with van der Waals surface area (Å²) >= 11 is 0. The van der Waals surface area contributed by atoms with Crippen molar-refractivity contribution in [3.63, 3.8) is 0 Å². The van der Waals surface area contributed by atoms with Crippen molar-refractivity contribution in [3.8, 4) is 0 Å². The smallest absolute Gasteiger partial charge is 0.322 e. The van der Waals surface area contributed by atoms with E-state index in [1.54, 1.807) is 13.8 Å². The lowest BCUT2D eigenvalue weighted by Gasteiger charge is -2.28. The Balaban J connectivity index is 2.67. The molecule has 5 atom stereocenters. The first kappa shape index (κ1) is 44.2. The third-order valence-corrected chi connectivity index (χ3v) is 7.92. The van der Waals surface area contributed by atoms with Crippen LogP contribution >= 0.6 is 0 Å². The van der Waals surface area contributed by atoms with E-state index in [1.165, 1.54) is 11.8 Å². The van der Waals surface area contributed by atoms with Crippen molar-refractivity contribution in [1.82, 2.24) is 42.1 Å². The lowest BCUT2D eigenvalue weighted by Crippen LogP contribution is -2.56. The van der Waals surface area contributed by atoms with Gasteiger partial charge in [0.25, 0.3) is 0 Å². The highest BCUT2D eigenvalue weighted by Crippen LogP contribution is 2.19. The van der Waals surface area contributed by atoms with Crippen molar-refractivity contribution in [2.24, 2.45) is 23.5 Å². The molecule has 0 aromatic heterocycles. The molecule has 1 heterocycles. The third kappa shape index (κ3) is 15.7. The molecule has 0 aliphatic carbocycles. The quantitative estimate of drug-likeness (QED) is 0.0599. The number of hydrogen-bond acceptors (Lipinski definition) is 10. The fourth-order valence-corrected chi connectivity index (χ4v) is 5.01. The second-order valence-corrected chi connectivity index (χ2v) is 13.6.